The molecule has 1 aromatic heterocycles. The summed E-state index contributed by atoms with van der Waals surface area (Å²) in [4.78, 5) is 10.9. The predicted molar refractivity (Wildman–Crippen MR) is 70.5 cm³/mol. The summed E-state index contributed by atoms with van der Waals surface area (Å²) < 4.78 is 5.98. The van der Waals surface area contributed by atoms with Gasteiger partial charge in [-0.15, -0.1) is 0 Å². The topological polar surface area (TPSA) is 76.3 Å². The molecule has 1 fully saturated rings. The number of likely N-dealkylation sites (tertiary alicyclic amines) is 1. The number of aryl methyl sites for hydroxylation is 1. The van der Waals surface area contributed by atoms with Gasteiger partial charge < -0.3 is 15.1 Å². The van der Waals surface area contributed by atoms with E-state index in [4.69, 9.17) is 10.6 Å². The molecular formula is C12H21N5O. The van der Waals surface area contributed by atoms with E-state index < -0.39 is 0 Å². The number of ether oxygens (including phenoxy) is 1. The van der Waals surface area contributed by atoms with E-state index in [0.29, 0.717) is 17.5 Å². The van der Waals surface area contributed by atoms with Crippen LogP contribution < -0.4 is 16.0 Å². The third-order valence-corrected chi connectivity index (χ3v) is 3.29. The van der Waals surface area contributed by atoms with Gasteiger partial charge >= 0.3 is 0 Å². The summed E-state index contributed by atoms with van der Waals surface area (Å²) in [6.45, 7) is 5.88. The molecule has 0 unspecified atom stereocenters. The van der Waals surface area contributed by atoms with Crippen molar-refractivity contribution in [3.63, 3.8) is 0 Å². The second kappa shape index (κ2) is 5.49. The Hall–Kier alpha value is -1.40. The average molecular weight is 251 g/mol. The van der Waals surface area contributed by atoms with Crippen molar-refractivity contribution in [3.8, 4) is 5.88 Å². The van der Waals surface area contributed by atoms with Gasteiger partial charge in [0.1, 0.15) is 17.7 Å². The molecule has 1 aliphatic rings. The number of anilines is 1. The smallest absolute Gasteiger partial charge is 0.222 e. The number of nitrogens with zero attached hydrogens (tertiary/aromatic N) is 3. The molecule has 0 amide bonds. The fourth-order valence-corrected chi connectivity index (χ4v) is 2.12. The second-order valence-electron chi connectivity index (χ2n) is 4.81. The number of aromatic nitrogens is 2. The number of piperidine rings is 1. The molecule has 0 saturated carbocycles. The van der Waals surface area contributed by atoms with Gasteiger partial charge in [0.25, 0.3) is 0 Å². The fourth-order valence-electron chi connectivity index (χ4n) is 2.12. The number of nitrogens with two attached hydrogens (primary N) is 1. The SMILES string of the molecule is Cc1nc(NN)c(C)c(OC2CCN(C)CC2)n1. The Kier molecular flexibility index (Phi) is 3.98. The van der Waals surface area contributed by atoms with E-state index in [1.54, 1.807) is 0 Å². The molecule has 0 aromatic carbocycles. The number of hydrogen-bond donors (Lipinski definition) is 2. The van der Waals surface area contributed by atoms with Gasteiger partial charge in [0.05, 0.1) is 5.56 Å². The van der Waals surface area contributed by atoms with Crippen LogP contribution in [0.4, 0.5) is 5.82 Å². The van der Waals surface area contributed by atoms with Crippen molar-refractivity contribution in [1.29, 1.82) is 0 Å². The van der Waals surface area contributed by atoms with Gasteiger partial charge in [0, 0.05) is 13.1 Å². The van der Waals surface area contributed by atoms with Gasteiger partial charge in [0.2, 0.25) is 5.88 Å². The van der Waals surface area contributed by atoms with Crippen LogP contribution in [-0.2, 0) is 0 Å². The summed E-state index contributed by atoms with van der Waals surface area (Å²) in [5, 5.41) is 0. The van der Waals surface area contributed by atoms with Crippen molar-refractivity contribution in [2.45, 2.75) is 32.8 Å². The minimum atomic E-state index is 0.236. The summed E-state index contributed by atoms with van der Waals surface area (Å²) in [7, 11) is 2.13. The monoisotopic (exact) mass is 251 g/mol. The molecule has 100 valence electrons. The van der Waals surface area contributed by atoms with Crippen molar-refractivity contribution in [1.82, 2.24) is 14.9 Å². The van der Waals surface area contributed by atoms with Crippen molar-refractivity contribution in [2.75, 3.05) is 25.6 Å². The first-order valence-electron chi connectivity index (χ1n) is 6.27. The first-order chi connectivity index (χ1) is 8.60. The lowest BCUT2D eigenvalue weighted by atomic mass is 10.1. The normalized spacial score (nSPS) is 17.8. The number of hydrazine groups is 1. The van der Waals surface area contributed by atoms with E-state index in [1.807, 2.05) is 13.8 Å². The maximum absolute atomic E-state index is 5.98. The first kappa shape index (κ1) is 13.0. The summed E-state index contributed by atoms with van der Waals surface area (Å²) in [5.74, 6) is 7.37. The minimum absolute atomic E-state index is 0.236. The first-order valence-corrected chi connectivity index (χ1v) is 6.27. The molecule has 0 radical (unpaired) electrons. The van der Waals surface area contributed by atoms with Crippen LogP contribution in [0.15, 0.2) is 0 Å². The Morgan fingerprint density at radius 3 is 2.56 bits per heavy atom. The zero-order chi connectivity index (χ0) is 13.1. The molecule has 0 spiro atoms. The van der Waals surface area contributed by atoms with Crippen LogP contribution in [0.25, 0.3) is 0 Å². The summed E-state index contributed by atoms with van der Waals surface area (Å²) in [5.41, 5.74) is 3.44. The number of nitrogens with one attached hydrogen (secondary N) is 1. The third-order valence-electron chi connectivity index (χ3n) is 3.29. The maximum Gasteiger partial charge on any atom is 0.222 e. The molecule has 1 aromatic rings. The van der Waals surface area contributed by atoms with E-state index in [2.05, 4.69) is 27.3 Å². The Morgan fingerprint density at radius 2 is 1.94 bits per heavy atom. The van der Waals surface area contributed by atoms with Crippen LogP contribution >= 0.6 is 0 Å². The zero-order valence-electron chi connectivity index (χ0n) is 11.2. The van der Waals surface area contributed by atoms with Gasteiger partial charge in [-0.25, -0.2) is 10.8 Å². The molecule has 3 N–H and O–H groups in total. The van der Waals surface area contributed by atoms with Gasteiger partial charge in [-0.2, -0.15) is 4.98 Å². The fraction of sp³-hybridized carbons (Fsp3) is 0.667. The van der Waals surface area contributed by atoms with Crippen molar-refractivity contribution in [2.24, 2.45) is 5.84 Å². The third kappa shape index (κ3) is 2.88. The predicted octanol–water partition coefficient (Wildman–Crippen LogP) is 0.852. The Balaban J connectivity index is 2.11. The number of nitrogen functional groups attached to an aromatic ring is 1. The molecule has 2 rings (SSSR count). The molecule has 0 bridgehead atoms. The summed E-state index contributed by atoms with van der Waals surface area (Å²) in [6, 6.07) is 0. The van der Waals surface area contributed by atoms with Crippen LogP contribution in [0.3, 0.4) is 0 Å². The van der Waals surface area contributed by atoms with Crippen molar-refractivity contribution < 1.29 is 4.74 Å². The van der Waals surface area contributed by atoms with E-state index in [0.717, 1.165) is 31.5 Å². The molecule has 6 nitrogen and oxygen atoms in total. The number of rotatable bonds is 3. The van der Waals surface area contributed by atoms with E-state index in [1.165, 1.54) is 0 Å². The second-order valence-corrected chi connectivity index (χ2v) is 4.81. The lowest BCUT2D eigenvalue weighted by Gasteiger charge is -2.29. The van der Waals surface area contributed by atoms with Crippen molar-refractivity contribution in [3.05, 3.63) is 11.4 Å². The molecule has 18 heavy (non-hydrogen) atoms. The highest BCUT2D eigenvalue weighted by Crippen LogP contribution is 2.24. The van der Waals surface area contributed by atoms with Crippen molar-refractivity contribution >= 4 is 5.82 Å². The van der Waals surface area contributed by atoms with E-state index >= 15 is 0 Å². The summed E-state index contributed by atoms with van der Waals surface area (Å²) >= 11 is 0. The van der Waals surface area contributed by atoms with Crippen LogP contribution in [0, 0.1) is 13.8 Å². The average Bonchev–Trinajstić information content (AvgIpc) is 2.36. The van der Waals surface area contributed by atoms with Gasteiger partial charge in [-0.05, 0) is 33.7 Å². The highest BCUT2D eigenvalue weighted by Gasteiger charge is 2.20. The van der Waals surface area contributed by atoms with Gasteiger partial charge in [-0.3, -0.25) is 0 Å². The lowest BCUT2D eigenvalue weighted by Crippen LogP contribution is -2.36. The molecule has 2 heterocycles. The van der Waals surface area contributed by atoms with Gasteiger partial charge in [-0.1, -0.05) is 0 Å². The highest BCUT2D eigenvalue weighted by atomic mass is 16.5. The highest BCUT2D eigenvalue weighted by molar-refractivity contribution is 5.47. The largest absolute Gasteiger partial charge is 0.474 e. The zero-order valence-corrected chi connectivity index (χ0v) is 11.2. The quantitative estimate of drug-likeness (QED) is 0.613. The molecule has 0 aliphatic carbocycles. The molecular weight excluding hydrogens is 230 g/mol. The van der Waals surface area contributed by atoms with Gasteiger partial charge in [0.15, 0.2) is 0 Å². The Bertz CT molecular complexity index is 415. The van der Waals surface area contributed by atoms with E-state index in [-0.39, 0.29) is 6.10 Å². The van der Waals surface area contributed by atoms with Crippen LogP contribution in [0.2, 0.25) is 0 Å². The Morgan fingerprint density at radius 1 is 1.28 bits per heavy atom. The molecule has 1 saturated heterocycles. The molecule has 6 heteroatoms. The minimum Gasteiger partial charge on any atom is -0.474 e. The van der Waals surface area contributed by atoms with Crippen LogP contribution in [-0.4, -0.2) is 41.1 Å². The lowest BCUT2D eigenvalue weighted by molar-refractivity contribution is 0.109. The standard InChI is InChI=1S/C12H21N5O/c1-8-11(16-13)14-9(2)15-12(8)18-10-4-6-17(3)7-5-10/h10H,4-7,13H2,1-3H3,(H,14,15,16). The van der Waals surface area contributed by atoms with Crippen LogP contribution in [0.1, 0.15) is 24.2 Å². The number of hydrogen-bond acceptors (Lipinski definition) is 6. The van der Waals surface area contributed by atoms with Crippen LogP contribution in [0.5, 0.6) is 5.88 Å². The molecule has 1 aliphatic heterocycles. The molecule has 0 atom stereocenters. The maximum atomic E-state index is 5.98. The summed E-state index contributed by atoms with van der Waals surface area (Å²) in [6.07, 6.45) is 2.30. The Labute approximate surface area is 108 Å². The van der Waals surface area contributed by atoms with E-state index in [9.17, 15) is 0 Å².